The zero-order chi connectivity index (χ0) is 16.3. The molecule has 118 valence electrons. The molecule has 1 atom stereocenters. The molecule has 0 fully saturated rings. The third-order valence-electron chi connectivity index (χ3n) is 3.52. The summed E-state index contributed by atoms with van der Waals surface area (Å²) in [6.07, 6.45) is 1.49. The van der Waals surface area contributed by atoms with Crippen LogP contribution in [0, 0.1) is 0 Å². The van der Waals surface area contributed by atoms with Gasteiger partial charge in [0.05, 0.1) is 24.0 Å². The van der Waals surface area contributed by atoms with Crippen LogP contribution in [0.1, 0.15) is 23.0 Å². The minimum atomic E-state index is -1.25. The number of aromatic nitrogens is 1. The maximum absolute atomic E-state index is 12.2. The normalized spacial score (nSPS) is 13.5. The Balaban J connectivity index is 1.64. The number of carbonyl (C=O) groups excluding carboxylic acids is 1. The van der Waals surface area contributed by atoms with E-state index in [0.29, 0.717) is 11.3 Å². The van der Waals surface area contributed by atoms with Crippen LogP contribution in [0.4, 0.5) is 0 Å². The van der Waals surface area contributed by atoms with Crippen molar-refractivity contribution in [3.05, 3.63) is 64.9 Å². The molecule has 0 aliphatic carbocycles. The molecule has 0 bridgehead atoms. The van der Waals surface area contributed by atoms with Crippen molar-refractivity contribution in [2.24, 2.45) is 0 Å². The number of hydrogen-bond donors (Lipinski definition) is 2. The molecule has 5 nitrogen and oxygen atoms in total. The van der Waals surface area contributed by atoms with Crippen molar-refractivity contribution >= 4 is 17.2 Å². The average molecular weight is 328 g/mol. The summed E-state index contributed by atoms with van der Waals surface area (Å²) in [5.41, 5.74) is 2.90. The molecule has 3 rings (SSSR count). The molecule has 6 heteroatoms. The van der Waals surface area contributed by atoms with E-state index in [2.05, 4.69) is 10.3 Å². The smallest absolute Gasteiger partial charge is 0.251 e. The molecule has 1 unspecified atom stereocenters. The van der Waals surface area contributed by atoms with Crippen LogP contribution >= 0.6 is 11.3 Å². The van der Waals surface area contributed by atoms with Gasteiger partial charge >= 0.3 is 0 Å². The lowest BCUT2D eigenvalue weighted by Gasteiger charge is -2.21. The Kier molecular flexibility index (Phi) is 4.27. The van der Waals surface area contributed by atoms with E-state index in [1.54, 1.807) is 36.7 Å². The quantitative estimate of drug-likeness (QED) is 0.755. The summed E-state index contributed by atoms with van der Waals surface area (Å²) in [5, 5.41) is 15.0. The molecular weight excluding hydrogens is 312 g/mol. The molecule has 2 aromatic heterocycles. The Morgan fingerprint density at radius 1 is 1.35 bits per heavy atom. The first kappa shape index (κ1) is 15.5. The number of nitrogens with zero attached hydrogens (tertiary/aromatic N) is 1. The maximum Gasteiger partial charge on any atom is 0.251 e. The van der Waals surface area contributed by atoms with E-state index in [1.165, 1.54) is 17.6 Å². The molecule has 0 saturated heterocycles. The van der Waals surface area contributed by atoms with E-state index in [0.717, 1.165) is 11.3 Å². The Morgan fingerprint density at radius 2 is 2.13 bits per heavy atom. The zero-order valence-electron chi connectivity index (χ0n) is 12.5. The first-order valence-electron chi connectivity index (χ1n) is 7.09. The molecule has 3 aromatic rings. The largest absolute Gasteiger partial charge is 0.466 e. The first-order chi connectivity index (χ1) is 11.1. The highest BCUT2D eigenvalue weighted by molar-refractivity contribution is 7.07. The molecule has 1 amide bonds. The number of amides is 1. The number of thiazole rings is 1. The van der Waals surface area contributed by atoms with Crippen LogP contribution in [0.2, 0.25) is 0 Å². The average Bonchev–Trinajstić information content (AvgIpc) is 3.26. The van der Waals surface area contributed by atoms with Crippen LogP contribution in [-0.4, -0.2) is 22.5 Å². The highest BCUT2D eigenvalue weighted by Gasteiger charge is 2.26. The van der Waals surface area contributed by atoms with Crippen molar-refractivity contribution in [2.45, 2.75) is 12.5 Å². The summed E-state index contributed by atoms with van der Waals surface area (Å²) in [6.45, 7) is 1.66. The summed E-state index contributed by atoms with van der Waals surface area (Å²) in [4.78, 5) is 16.4. The molecule has 0 spiro atoms. The second-order valence-corrected chi connectivity index (χ2v) is 6.10. The van der Waals surface area contributed by atoms with Gasteiger partial charge < -0.3 is 14.8 Å². The van der Waals surface area contributed by atoms with Crippen molar-refractivity contribution in [1.82, 2.24) is 10.3 Å². The van der Waals surface area contributed by atoms with Gasteiger partial charge in [0.1, 0.15) is 11.4 Å². The zero-order valence-corrected chi connectivity index (χ0v) is 13.3. The lowest BCUT2D eigenvalue weighted by molar-refractivity contribution is 0.0330. The van der Waals surface area contributed by atoms with Crippen LogP contribution in [-0.2, 0) is 5.60 Å². The summed E-state index contributed by atoms with van der Waals surface area (Å²) in [5.74, 6) is 0.165. The molecule has 2 N–H and O–H groups in total. The third-order valence-corrected chi connectivity index (χ3v) is 4.11. The van der Waals surface area contributed by atoms with Gasteiger partial charge in [-0.3, -0.25) is 4.79 Å². The van der Waals surface area contributed by atoms with Crippen LogP contribution < -0.4 is 5.32 Å². The second-order valence-electron chi connectivity index (χ2n) is 5.38. The number of benzene rings is 1. The van der Waals surface area contributed by atoms with E-state index >= 15 is 0 Å². The fourth-order valence-electron chi connectivity index (χ4n) is 2.17. The minimum absolute atomic E-state index is 0.0627. The van der Waals surface area contributed by atoms with Gasteiger partial charge in [-0.15, -0.1) is 11.3 Å². The number of hydrogen-bond acceptors (Lipinski definition) is 5. The van der Waals surface area contributed by atoms with Crippen LogP contribution in [0.15, 0.2) is 58.0 Å². The Bertz CT molecular complexity index is 763. The second kappa shape index (κ2) is 6.36. The van der Waals surface area contributed by atoms with Gasteiger partial charge in [-0.25, -0.2) is 4.98 Å². The predicted molar refractivity (Wildman–Crippen MR) is 88.2 cm³/mol. The molecule has 2 heterocycles. The Labute approximate surface area is 137 Å². The van der Waals surface area contributed by atoms with E-state index < -0.39 is 5.60 Å². The molecule has 23 heavy (non-hydrogen) atoms. The van der Waals surface area contributed by atoms with Gasteiger partial charge in [-0.05, 0) is 31.2 Å². The molecule has 0 saturated carbocycles. The molecule has 1 aromatic carbocycles. The summed E-state index contributed by atoms with van der Waals surface area (Å²) < 4.78 is 5.19. The number of nitrogens with one attached hydrogen (secondary N) is 1. The van der Waals surface area contributed by atoms with Gasteiger partial charge in [0.2, 0.25) is 0 Å². The van der Waals surface area contributed by atoms with E-state index in [4.69, 9.17) is 4.42 Å². The number of rotatable bonds is 5. The van der Waals surface area contributed by atoms with Crippen molar-refractivity contribution < 1.29 is 14.3 Å². The highest BCUT2D eigenvalue weighted by atomic mass is 32.1. The van der Waals surface area contributed by atoms with Crippen LogP contribution in [0.3, 0.4) is 0 Å². The Hall–Kier alpha value is -2.44. The molecule has 0 radical (unpaired) electrons. The van der Waals surface area contributed by atoms with Crippen molar-refractivity contribution in [3.63, 3.8) is 0 Å². The molecule has 0 aliphatic heterocycles. The minimum Gasteiger partial charge on any atom is -0.466 e. The Morgan fingerprint density at radius 3 is 2.74 bits per heavy atom. The van der Waals surface area contributed by atoms with Gasteiger partial charge in [-0.2, -0.15) is 0 Å². The standard InChI is InChI=1S/C17H16N2O3S/c1-17(21,15-3-2-8-22-15)10-18-16(20)13-6-4-12(5-7-13)14-9-23-11-19-14/h2-9,11,21H,10H2,1H3,(H,18,20). The lowest BCUT2D eigenvalue weighted by Crippen LogP contribution is -2.38. The number of aliphatic hydroxyl groups is 1. The highest BCUT2D eigenvalue weighted by Crippen LogP contribution is 2.21. The van der Waals surface area contributed by atoms with Crippen LogP contribution in [0.5, 0.6) is 0 Å². The fraction of sp³-hybridized carbons (Fsp3) is 0.176. The van der Waals surface area contributed by atoms with E-state index in [9.17, 15) is 9.90 Å². The monoisotopic (exact) mass is 328 g/mol. The predicted octanol–water partition coefficient (Wildman–Crippen LogP) is 3.04. The van der Waals surface area contributed by atoms with Crippen LogP contribution in [0.25, 0.3) is 11.3 Å². The summed E-state index contributed by atoms with van der Waals surface area (Å²) >= 11 is 1.53. The van der Waals surface area contributed by atoms with E-state index in [1.807, 2.05) is 17.5 Å². The SMILES string of the molecule is CC(O)(CNC(=O)c1ccc(-c2cscn2)cc1)c1ccco1. The topological polar surface area (TPSA) is 75.4 Å². The van der Waals surface area contributed by atoms with E-state index in [-0.39, 0.29) is 12.5 Å². The third kappa shape index (κ3) is 3.49. The van der Waals surface area contributed by atoms with Crippen molar-refractivity contribution in [1.29, 1.82) is 0 Å². The van der Waals surface area contributed by atoms with Gasteiger partial charge in [0.15, 0.2) is 0 Å². The van der Waals surface area contributed by atoms with Gasteiger partial charge in [-0.1, -0.05) is 12.1 Å². The number of carbonyl (C=O) groups is 1. The molecule has 0 aliphatic rings. The maximum atomic E-state index is 12.2. The van der Waals surface area contributed by atoms with Gasteiger partial charge in [0.25, 0.3) is 5.91 Å². The van der Waals surface area contributed by atoms with Crippen molar-refractivity contribution in [3.8, 4) is 11.3 Å². The molecular formula is C17H16N2O3S. The van der Waals surface area contributed by atoms with Gasteiger partial charge in [0, 0.05) is 16.5 Å². The van der Waals surface area contributed by atoms with Crippen molar-refractivity contribution in [2.75, 3.05) is 6.54 Å². The fourth-order valence-corrected chi connectivity index (χ4v) is 2.74. The summed E-state index contributed by atoms with van der Waals surface area (Å²) in [6, 6.07) is 10.6. The lowest BCUT2D eigenvalue weighted by atomic mass is 10.0. The number of furan rings is 1. The summed E-state index contributed by atoms with van der Waals surface area (Å²) in [7, 11) is 0. The first-order valence-corrected chi connectivity index (χ1v) is 8.04.